The van der Waals surface area contributed by atoms with Gasteiger partial charge < -0.3 is 15.2 Å². The van der Waals surface area contributed by atoms with Gasteiger partial charge in [0.25, 0.3) is 0 Å². The van der Waals surface area contributed by atoms with Crippen LogP contribution >= 0.6 is 11.3 Å². The van der Waals surface area contributed by atoms with E-state index in [0.717, 1.165) is 10.2 Å². The van der Waals surface area contributed by atoms with Crippen molar-refractivity contribution >= 4 is 21.6 Å². The van der Waals surface area contributed by atoms with E-state index in [-0.39, 0.29) is 12.6 Å². The molecule has 0 aliphatic carbocycles. The molecule has 3 rings (SSSR count). The van der Waals surface area contributed by atoms with E-state index in [4.69, 9.17) is 15.2 Å². The zero-order valence-corrected chi connectivity index (χ0v) is 12.8. The molecule has 0 aliphatic heterocycles. The predicted molar refractivity (Wildman–Crippen MR) is 84.6 cm³/mol. The van der Waals surface area contributed by atoms with E-state index in [1.54, 1.807) is 6.07 Å². The zero-order valence-electron chi connectivity index (χ0n) is 12.0. The molecule has 0 radical (unpaired) electrons. The van der Waals surface area contributed by atoms with Crippen molar-refractivity contribution in [3.63, 3.8) is 0 Å². The quantitative estimate of drug-likeness (QED) is 0.732. The summed E-state index contributed by atoms with van der Waals surface area (Å²) >= 11 is 1.49. The molecule has 22 heavy (non-hydrogen) atoms. The highest BCUT2D eigenvalue weighted by molar-refractivity contribution is 7.18. The van der Waals surface area contributed by atoms with E-state index in [0.29, 0.717) is 16.3 Å². The van der Waals surface area contributed by atoms with Crippen LogP contribution in [0.15, 0.2) is 42.5 Å². The molecular weight excluding hydrogens is 303 g/mol. The number of thiazole rings is 1. The summed E-state index contributed by atoms with van der Waals surface area (Å²) in [5.74, 6) is 0.131. The van der Waals surface area contributed by atoms with Crippen molar-refractivity contribution < 1.29 is 13.9 Å². The topological polar surface area (TPSA) is 57.4 Å². The monoisotopic (exact) mass is 318 g/mol. The fourth-order valence-electron chi connectivity index (χ4n) is 2.17. The Morgan fingerprint density at radius 2 is 2.09 bits per heavy atom. The van der Waals surface area contributed by atoms with Crippen molar-refractivity contribution in [2.24, 2.45) is 5.73 Å². The Labute approximate surface area is 131 Å². The number of ether oxygens (including phenoxy) is 2. The Kier molecular flexibility index (Phi) is 4.33. The number of halogens is 1. The SMILES string of the molecule is COCOc1ccc(F)cc1C(N)c1nc2ccccc2s1. The number of aromatic nitrogens is 1. The van der Waals surface area contributed by atoms with Gasteiger partial charge in [-0.2, -0.15) is 0 Å². The summed E-state index contributed by atoms with van der Waals surface area (Å²) in [4.78, 5) is 4.52. The van der Waals surface area contributed by atoms with Gasteiger partial charge >= 0.3 is 0 Å². The zero-order chi connectivity index (χ0) is 15.5. The fourth-order valence-corrected chi connectivity index (χ4v) is 3.16. The molecular formula is C16H15FN2O2S. The summed E-state index contributed by atoms with van der Waals surface area (Å²) in [5.41, 5.74) is 7.72. The van der Waals surface area contributed by atoms with E-state index in [1.165, 1.54) is 30.6 Å². The maximum atomic E-state index is 13.6. The Bertz CT molecular complexity index is 758. The smallest absolute Gasteiger partial charge is 0.188 e. The number of benzene rings is 2. The normalized spacial score (nSPS) is 12.5. The molecule has 1 atom stereocenters. The van der Waals surface area contributed by atoms with Gasteiger partial charge in [-0.15, -0.1) is 11.3 Å². The third kappa shape index (κ3) is 2.94. The van der Waals surface area contributed by atoms with Gasteiger partial charge in [0, 0.05) is 12.7 Å². The van der Waals surface area contributed by atoms with Crippen LogP contribution in [0.25, 0.3) is 10.2 Å². The first kappa shape index (κ1) is 14.9. The molecule has 1 aromatic heterocycles. The van der Waals surface area contributed by atoms with Gasteiger partial charge in [0.05, 0.1) is 16.3 Å². The van der Waals surface area contributed by atoms with Crippen LogP contribution in [0.2, 0.25) is 0 Å². The van der Waals surface area contributed by atoms with E-state index in [1.807, 2.05) is 24.3 Å². The van der Waals surface area contributed by atoms with Gasteiger partial charge in [0.2, 0.25) is 0 Å². The number of para-hydroxylation sites is 1. The van der Waals surface area contributed by atoms with Crippen LogP contribution < -0.4 is 10.5 Å². The molecule has 0 aliphatic rings. The van der Waals surface area contributed by atoms with Crippen LogP contribution in [-0.2, 0) is 4.74 Å². The summed E-state index contributed by atoms with van der Waals surface area (Å²) < 4.78 is 25.0. The van der Waals surface area contributed by atoms with E-state index in [2.05, 4.69) is 4.98 Å². The minimum atomic E-state index is -0.556. The molecule has 0 amide bonds. The van der Waals surface area contributed by atoms with E-state index >= 15 is 0 Å². The lowest BCUT2D eigenvalue weighted by Crippen LogP contribution is -2.14. The summed E-state index contributed by atoms with van der Waals surface area (Å²) in [6, 6.07) is 11.5. The number of rotatable bonds is 5. The van der Waals surface area contributed by atoms with E-state index < -0.39 is 6.04 Å². The first-order valence-corrected chi connectivity index (χ1v) is 7.53. The lowest BCUT2D eigenvalue weighted by molar-refractivity contribution is 0.0502. The van der Waals surface area contributed by atoms with Gasteiger partial charge in [0.15, 0.2) is 6.79 Å². The van der Waals surface area contributed by atoms with Crippen LogP contribution in [0.5, 0.6) is 5.75 Å². The first-order chi connectivity index (χ1) is 10.7. The molecule has 114 valence electrons. The second-order valence-corrected chi connectivity index (χ2v) is 5.79. The summed E-state index contributed by atoms with van der Waals surface area (Å²) in [5, 5.41) is 0.717. The predicted octanol–water partition coefficient (Wildman–Crippen LogP) is 3.47. The molecule has 0 fully saturated rings. The van der Waals surface area contributed by atoms with Crippen molar-refractivity contribution in [3.05, 3.63) is 58.9 Å². The average molecular weight is 318 g/mol. The molecule has 2 N–H and O–H groups in total. The molecule has 4 nitrogen and oxygen atoms in total. The number of methoxy groups -OCH3 is 1. The van der Waals surface area contributed by atoms with Crippen molar-refractivity contribution in [1.29, 1.82) is 0 Å². The average Bonchev–Trinajstić information content (AvgIpc) is 2.97. The minimum absolute atomic E-state index is 0.0746. The van der Waals surface area contributed by atoms with Crippen molar-refractivity contribution in [1.82, 2.24) is 4.98 Å². The van der Waals surface area contributed by atoms with Gasteiger partial charge in [-0.05, 0) is 30.3 Å². The maximum absolute atomic E-state index is 13.6. The van der Waals surface area contributed by atoms with Gasteiger partial charge in [-0.25, -0.2) is 9.37 Å². The first-order valence-electron chi connectivity index (χ1n) is 6.71. The third-order valence-corrected chi connectivity index (χ3v) is 4.34. The van der Waals surface area contributed by atoms with Crippen molar-refractivity contribution in [3.8, 4) is 5.75 Å². The lowest BCUT2D eigenvalue weighted by atomic mass is 10.1. The molecule has 1 unspecified atom stereocenters. The molecule has 3 aromatic rings. The van der Waals surface area contributed by atoms with Gasteiger partial charge in [-0.3, -0.25) is 0 Å². The van der Waals surface area contributed by atoms with Crippen molar-refractivity contribution in [2.45, 2.75) is 6.04 Å². The largest absolute Gasteiger partial charge is 0.467 e. The van der Waals surface area contributed by atoms with Gasteiger partial charge in [-0.1, -0.05) is 12.1 Å². The van der Waals surface area contributed by atoms with Crippen LogP contribution in [0.1, 0.15) is 16.6 Å². The molecule has 0 bridgehead atoms. The number of nitrogens with two attached hydrogens (primary N) is 1. The summed E-state index contributed by atoms with van der Waals surface area (Å²) in [7, 11) is 1.52. The second-order valence-electron chi connectivity index (χ2n) is 4.73. The van der Waals surface area contributed by atoms with Crippen LogP contribution in [0.3, 0.4) is 0 Å². The highest BCUT2D eigenvalue weighted by atomic mass is 32.1. The molecule has 0 saturated carbocycles. The van der Waals surface area contributed by atoms with Crippen LogP contribution in [0.4, 0.5) is 4.39 Å². The Balaban J connectivity index is 1.99. The number of fused-ring (bicyclic) bond motifs is 1. The van der Waals surface area contributed by atoms with Crippen LogP contribution in [-0.4, -0.2) is 18.9 Å². The highest BCUT2D eigenvalue weighted by Crippen LogP contribution is 2.33. The standard InChI is InChI=1S/C16H15FN2O2S/c1-20-9-21-13-7-6-10(17)8-11(13)15(18)16-19-12-4-2-3-5-14(12)22-16/h2-8,15H,9,18H2,1H3. The van der Waals surface area contributed by atoms with Crippen molar-refractivity contribution in [2.75, 3.05) is 13.9 Å². The maximum Gasteiger partial charge on any atom is 0.188 e. The molecule has 1 heterocycles. The van der Waals surface area contributed by atoms with Crippen LogP contribution in [0, 0.1) is 5.82 Å². The Morgan fingerprint density at radius 3 is 2.86 bits per heavy atom. The summed E-state index contributed by atoms with van der Waals surface area (Å²) in [6.07, 6.45) is 0. The lowest BCUT2D eigenvalue weighted by Gasteiger charge is -2.15. The third-order valence-electron chi connectivity index (χ3n) is 3.22. The fraction of sp³-hybridized carbons (Fsp3) is 0.188. The summed E-state index contributed by atoms with van der Waals surface area (Å²) in [6.45, 7) is 0.0746. The molecule has 6 heteroatoms. The number of hydrogen-bond donors (Lipinski definition) is 1. The Morgan fingerprint density at radius 1 is 1.27 bits per heavy atom. The molecule has 2 aromatic carbocycles. The van der Waals surface area contributed by atoms with E-state index in [9.17, 15) is 4.39 Å². The number of hydrogen-bond acceptors (Lipinski definition) is 5. The highest BCUT2D eigenvalue weighted by Gasteiger charge is 2.19. The molecule has 0 saturated heterocycles. The Hall–Kier alpha value is -2.02. The minimum Gasteiger partial charge on any atom is -0.467 e. The molecule has 0 spiro atoms. The van der Waals surface area contributed by atoms with Gasteiger partial charge in [0.1, 0.15) is 16.6 Å². The number of nitrogens with zero attached hydrogens (tertiary/aromatic N) is 1. The second kappa shape index (κ2) is 6.39.